The molecule has 3 aromatic rings. The lowest BCUT2D eigenvalue weighted by Crippen LogP contribution is -2.38. The van der Waals surface area contributed by atoms with Gasteiger partial charge in [0.15, 0.2) is 6.61 Å². The second kappa shape index (κ2) is 6.32. The van der Waals surface area contributed by atoms with Gasteiger partial charge in [-0.2, -0.15) is 0 Å². The highest BCUT2D eigenvalue weighted by Gasteiger charge is 2.12. The van der Waals surface area contributed by atoms with Gasteiger partial charge in [0.05, 0.1) is 0 Å². The number of carbonyl (C=O) groups is 1. The molecule has 3 rings (SSSR count). The van der Waals surface area contributed by atoms with Crippen molar-refractivity contribution in [3.8, 4) is 5.75 Å². The van der Waals surface area contributed by atoms with Crippen molar-refractivity contribution in [2.75, 3.05) is 6.61 Å². The fourth-order valence-corrected chi connectivity index (χ4v) is 2.41. The van der Waals surface area contributed by atoms with Crippen molar-refractivity contribution in [3.05, 3.63) is 42.5 Å². The first-order valence-corrected chi connectivity index (χ1v) is 7.88. The van der Waals surface area contributed by atoms with E-state index in [-0.39, 0.29) is 18.6 Å². The Labute approximate surface area is 135 Å². The number of nitrogens with one attached hydrogen (secondary N) is 1. The predicted molar refractivity (Wildman–Crippen MR) is 91.7 cm³/mol. The average molecular weight is 311 g/mol. The summed E-state index contributed by atoms with van der Waals surface area (Å²) < 4.78 is 11.4. The van der Waals surface area contributed by atoms with Crippen molar-refractivity contribution in [2.45, 2.75) is 26.8 Å². The molecule has 1 aromatic heterocycles. The zero-order valence-electron chi connectivity index (χ0n) is 13.6. The van der Waals surface area contributed by atoms with E-state index in [1.807, 2.05) is 49.4 Å². The van der Waals surface area contributed by atoms with Gasteiger partial charge in [-0.25, -0.2) is 0 Å². The molecule has 120 valence electrons. The smallest absolute Gasteiger partial charge is 0.258 e. The summed E-state index contributed by atoms with van der Waals surface area (Å²) in [6, 6.07) is 13.6. The van der Waals surface area contributed by atoms with Gasteiger partial charge < -0.3 is 14.5 Å². The van der Waals surface area contributed by atoms with Gasteiger partial charge in [0.25, 0.3) is 5.91 Å². The fourth-order valence-electron chi connectivity index (χ4n) is 2.41. The zero-order valence-corrected chi connectivity index (χ0v) is 13.6. The Bertz CT molecular complexity index is 835. The van der Waals surface area contributed by atoms with Gasteiger partial charge in [-0.1, -0.05) is 32.0 Å². The molecule has 0 radical (unpaired) electrons. The molecule has 0 aliphatic heterocycles. The Kier molecular flexibility index (Phi) is 4.24. The van der Waals surface area contributed by atoms with E-state index in [4.69, 9.17) is 9.15 Å². The van der Waals surface area contributed by atoms with Crippen LogP contribution in [0, 0.1) is 5.92 Å². The van der Waals surface area contributed by atoms with E-state index in [0.29, 0.717) is 11.7 Å². The molecule has 1 heterocycles. The maximum Gasteiger partial charge on any atom is 0.258 e. The summed E-state index contributed by atoms with van der Waals surface area (Å²) in [6.07, 6.45) is 0. The van der Waals surface area contributed by atoms with Gasteiger partial charge in [0.1, 0.15) is 16.9 Å². The van der Waals surface area contributed by atoms with Gasteiger partial charge in [0.2, 0.25) is 0 Å². The molecule has 0 unspecified atom stereocenters. The molecule has 1 atom stereocenters. The van der Waals surface area contributed by atoms with Crippen LogP contribution < -0.4 is 10.1 Å². The molecule has 0 bridgehead atoms. The average Bonchev–Trinajstić information content (AvgIpc) is 2.90. The molecule has 0 spiro atoms. The monoisotopic (exact) mass is 311 g/mol. The van der Waals surface area contributed by atoms with Crippen LogP contribution in [0.3, 0.4) is 0 Å². The predicted octanol–water partition coefficient (Wildman–Crippen LogP) is 4.13. The first kappa shape index (κ1) is 15.4. The highest BCUT2D eigenvalue weighted by molar-refractivity contribution is 6.05. The highest BCUT2D eigenvalue weighted by Crippen LogP contribution is 2.31. The number of fused-ring (bicyclic) bond motifs is 3. The van der Waals surface area contributed by atoms with Crippen LogP contribution in [0.4, 0.5) is 0 Å². The summed E-state index contributed by atoms with van der Waals surface area (Å²) in [6.45, 7) is 6.15. The van der Waals surface area contributed by atoms with Crippen LogP contribution in [0.1, 0.15) is 20.8 Å². The van der Waals surface area contributed by atoms with Crippen LogP contribution in [0.2, 0.25) is 0 Å². The van der Waals surface area contributed by atoms with Gasteiger partial charge in [0, 0.05) is 16.8 Å². The minimum Gasteiger partial charge on any atom is -0.484 e. The van der Waals surface area contributed by atoms with Gasteiger partial charge in [-0.05, 0) is 37.1 Å². The topological polar surface area (TPSA) is 51.5 Å². The minimum atomic E-state index is -0.108. The summed E-state index contributed by atoms with van der Waals surface area (Å²) >= 11 is 0. The summed E-state index contributed by atoms with van der Waals surface area (Å²) in [7, 11) is 0. The van der Waals surface area contributed by atoms with E-state index in [2.05, 4.69) is 19.2 Å². The third-order valence-corrected chi connectivity index (χ3v) is 4.11. The molecule has 4 heteroatoms. The standard InChI is InChI=1S/C19H21NO3/c1-12(2)13(3)20-19(21)11-22-14-8-9-18-16(10-14)15-6-4-5-7-17(15)23-18/h4-10,12-13H,11H2,1-3H3,(H,20,21)/t13-/m1/s1. The van der Waals surface area contributed by atoms with Gasteiger partial charge in [-0.15, -0.1) is 0 Å². The van der Waals surface area contributed by atoms with Gasteiger partial charge >= 0.3 is 0 Å². The van der Waals surface area contributed by atoms with Crippen molar-refractivity contribution in [2.24, 2.45) is 5.92 Å². The van der Waals surface area contributed by atoms with Crippen molar-refractivity contribution in [3.63, 3.8) is 0 Å². The Balaban J connectivity index is 1.73. The largest absolute Gasteiger partial charge is 0.484 e. The number of rotatable bonds is 5. The van der Waals surface area contributed by atoms with Crippen LogP contribution in [0.15, 0.2) is 46.9 Å². The number of amides is 1. The first-order valence-electron chi connectivity index (χ1n) is 7.88. The van der Waals surface area contributed by atoms with Crippen LogP contribution in [-0.2, 0) is 4.79 Å². The number of ether oxygens (including phenoxy) is 1. The Morgan fingerprint density at radius 2 is 1.83 bits per heavy atom. The van der Waals surface area contributed by atoms with Crippen molar-refractivity contribution >= 4 is 27.8 Å². The normalized spacial score (nSPS) is 12.7. The summed E-state index contributed by atoms with van der Waals surface area (Å²) in [5, 5.41) is 4.97. The fraction of sp³-hybridized carbons (Fsp3) is 0.316. The van der Waals surface area contributed by atoms with Crippen molar-refractivity contribution in [1.82, 2.24) is 5.32 Å². The van der Waals surface area contributed by atoms with Gasteiger partial charge in [-0.3, -0.25) is 4.79 Å². The number of hydrogen-bond acceptors (Lipinski definition) is 3. The van der Waals surface area contributed by atoms with Crippen LogP contribution >= 0.6 is 0 Å². The molecule has 0 saturated carbocycles. The molecule has 0 saturated heterocycles. The van der Waals surface area contributed by atoms with E-state index in [9.17, 15) is 4.79 Å². The molecule has 0 aliphatic carbocycles. The minimum absolute atomic E-state index is 0.0123. The number of carbonyl (C=O) groups excluding carboxylic acids is 1. The lowest BCUT2D eigenvalue weighted by Gasteiger charge is -2.17. The van der Waals surface area contributed by atoms with Crippen LogP contribution in [0.5, 0.6) is 5.75 Å². The number of furan rings is 1. The third-order valence-electron chi connectivity index (χ3n) is 4.11. The quantitative estimate of drug-likeness (QED) is 0.771. The Hall–Kier alpha value is -2.49. The van der Waals surface area contributed by atoms with E-state index < -0.39 is 0 Å². The second-order valence-corrected chi connectivity index (χ2v) is 6.15. The third kappa shape index (κ3) is 3.31. The van der Waals surface area contributed by atoms with E-state index in [1.165, 1.54) is 0 Å². The first-order chi connectivity index (χ1) is 11.0. The van der Waals surface area contributed by atoms with E-state index in [0.717, 1.165) is 21.9 Å². The molecule has 1 N–H and O–H groups in total. The SMILES string of the molecule is CC(C)[C@@H](C)NC(=O)COc1ccc2oc3ccccc3c2c1. The molecule has 0 fully saturated rings. The number of benzene rings is 2. The second-order valence-electron chi connectivity index (χ2n) is 6.15. The van der Waals surface area contributed by atoms with E-state index >= 15 is 0 Å². The highest BCUT2D eigenvalue weighted by atomic mass is 16.5. The molecule has 23 heavy (non-hydrogen) atoms. The molecule has 1 amide bonds. The van der Waals surface area contributed by atoms with Crippen LogP contribution in [-0.4, -0.2) is 18.6 Å². The molecule has 0 aliphatic rings. The summed E-state index contributed by atoms with van der Waals surface area (Å²) in [4.78, 5) is 11.9. The number of hydrogen-bond donors (Lipinski definition) is 1. The number of para-hydroxylation sites is 1. The molecule has 2 aromatic carbocycles. The molecular formula is C19H21NO3. The van der Waals surface area contributed by atoms with Crippen LogP contribution in [0.25, 0.3) is 21.9 Å². The maximum absolute atomic E-state index is 11.9. The maximum atomic E-state index is 11.9. The Morgan fingerprint density at radius 3 is 2.61 bits per heavy atom. The lowest BCUT2D eigenvalue weighted by atomic mass is 10.1. The molecular weight excluding hydrogens is 290 g/mol. The van der Waals surface area contributed by atoms with Crippen molar-refractivity contribution in [1.29, 1.82) is 0 Å². The Morgan fingerprint density at radius 1 is 1.09 bits per heavy atom. The summed E-state index contributed by atoms with van der Waals surface area (Å²) in [5.74, 6) is 0.951. The zero-order chi connectivity index (χ0) is 16.4. The molecule has 4 nitrogen and oxygen atoms in total. The van der Waals surface area contributed by atoms with E-state index in [1.54, 1.807) is 0 Å². The summed E-state index contributed by atoms with van der Waals surface area (Å²) in [5.41, 5.74) is 1.67. The van der Waals surface area contributed by atoms with Crippen molar-refractivity contribution < 1.29 is 13.9 Å². The lowest BCUT2D eigenvalue weighted by molar-refractivity contribution is -0.124.